The first kappa shape index (κ1) is 14.7. The summed E-state index contributed by atoms with van der Waals surface area (Å²) in [7, 11) is 0. The summed E-state index contributed by atoms with van der Waals surface area (Å²) in [4.78, 5) is 1.67. The van der Waals surface area contributed by atoms with Crippen LogP contribution in [0.5, 0.6) is 0 Å². The smallest absolute Gasteiger partial charge is 0.107 e. The molecular weight excluding hydrogens is 272 g/mol. The highest BCUT2D eigenvalue weighted by atomic mass is 32.2. The third kappa shape index (κ3) is 3.42. The molecule has 0 bridgehead atoms. The maximum atomic E-state index is 5.91. The number of hydrogen-bond acceptors (Lipinski definition) is 3. The summed E-state index contributed by atoms with van der Waals surface area (Å²) in [5.41, 5.74) is 8.53. The average molecular weight is 294 g/mol. The minimum absolute atomic E-state index is 0.486. The molecule has 0 radical (unpaired) electrons. The molecule has 1 aliphatic rings. The lowest BCUT2D eigenvalue weighted by molar-refractivity contribution is 0.521. The molecule has 0 unspecified atom stereocenters. The lowest BCUT2D eigenvalue weighted by Crippen LogP contribution is -2.19. The van der Waals surface area contributed by atoms with E-state index >= 15 is 0 Å². The fourth-order valence-corrected chi connectivity index (χ4v) is 3.46. The van der Waals surface area contributed by atoms with Gasteiger partial charge in [0.15, 0.2) is 0 Å². The molecule has 0 heterocycles. The molecule has 0 atom stereocenters. The van der Waals surface area contributed by atoms with Gasteiger partial charge in [-0.2, -0.15) is 0 Å². The zero-order chi connectivity index (χ0) is 13.9. The molecule has 3 N–H and O–H groups in total. The third-order valence-electron chi connectivity index (χ3n) is 3.93. The number of nitrogens with one attached hydrogen (secondary N) is 1. The van der Waals surface area contributed by atoms with Crippen LogP contribution in [-0.4, -0.2) is 17.3 Å². The summed E-state index contributed by atoms with van der Waals surface area (Å²) >= 11 is 7.02. The van der Waals surface area contributed by atoms with Crippen LogP contribution >= 0.6 is 24.0 Å². The van der Waals surface area contributed by atoms with E-state index in [-0.39, 0.29) is 0 Å². The summed E-state index contributed by atoms with van der Waals surface area (Å²) in [6.45, 7) is 5.44. The van der Waals surface area contributed by atoms with Crippen molar-refractivity contribution in [3.63, 3.8) is 0 Å². The average Bonchev–Trinajstić information content (AvgIpc) is 3.17. The summed E-state index contributed by atoms with van der Waals surface area (Å²) < 4.78 is 0. The predicted molar refractivity (Wildman–Crippen MR) is 89.2 cm³/mol. The fourth-order valence-electron chi connectivity index (χ4n) is 2.32. The summed E-state index contributed by atoms with van der Waals surface area (Å²) in [6, 6.07) is 6.26. The van der Waals surface area contributed by atoms with Crippen molar-refractivity contribution in [1.29, 1.82) is 0 Å². The molecule has 0 aromatic heterocycles. The van der Waals surface area contributed by atoms with Gasteiger partial charge in [-0.15, -0.1) is 11.8 Å². The molecule has 1 saturated carbocycles. The normalized spacial score (nSPS) is 16.1. The van der Waals surface area contributed by atoms with Gasteiger partial charge in [0.1, 0.15) is 4.99 Å². The van der Waals surface area contributed by atoms with Crippen LogP contribution in [0, 0.1) is 5.41 Å². The number of hydrogen-bond donors (Lipinski definition) is 2. The molecule has 2 rings (SSSR count). The monoisotopic (exact) mass is 294 g/mol. The molecule has 19 heavy (non-hydrogen) atoms. The Morgan fingerprint density at radius 1 is 1.42 bits per heavy atom. The largest absolute Gasteiger partial charge is 0.389 e. The minimum atomic E-state index is 0.486. The highest BCUT2D eigenvalue weighted by Crippen LogP contribution is 2.48. The first-order valence-electron chi connectivity index (χ1n) is 6.91. The van der Waals surface area contributed by atoms with E-state index in [2.05, 4.69) is 37.4 Å². The van der Waals surface area contributed by atoms with Gasteiger partial charge in [-0.25, -0.2) is 0 Å². The van der Waals surface area contributed by atoms with Crippen molar-refractivity contribution >= 4 is 34.7 Å². The fraction of sp³-hybridized carbons (Fsp3) is 0.533. The van der Waals surface area contributed by atoms with E-state index in [0.717, 1.165) is 23.5 Å². The Balaban J connectivity index is 2.19. The van der Waals surface area contributed by atoms with Gasteiger partial charge in [0.2, 0.25) is 0 Å². The molecule has 0 aliphatic heterocycles. The Labute approximate surface area is 125 Å². The van der Waals surface area contributed by atoms with Gasteiger partial charge in [0.25, 0.3) is 0 Å². The van der Waals surface area contributed by atoms with E-state index in [0.29, 0.717) is 10.4 Å². The van der Waals surface area contributed by atoms with E-state index in [1.54, 1.807) is 11.8 Å². The van der Waals surface area contributed by atoms with Crippen LogP contribution in [0.4, 0.5) is 5.69 Å². The second kappa shape index (κ2) is 6.14. The van der Waals surface area contributed by atoms with Crippen molar-refractivity contribution in [2.24, 2.45) is 11.1 Å². The molecule has 1 fully saturated rings. The van der Waals surface area contributed by atoms with Crippen LogP contribution < -0.4 is 11.1 Å². The lowest BCUT2D eigenvalue weighted by Gasteiger charge is -2.18. The topological polar surface area (TPSA) is 38.0 Å². The first-order chi connectivity index (χ1) is 9.12. The number of thiocarbonyl (C=S) groups is 1. The van der Waals surface area contributed by atoms with Gasteiger partial charge in [-0.1, -0.05) is 32.1 Å². The molecule has 1 aromatic rings. The van der Waals surface area contributed by atoms with Crippen LogP contribution in [0.1, 0.15) is 38.7 Å². The van der Waals surface area contributed by atoms with E-state index in [4.69, 9.17) is 18.0 Å². The van der Waals surface area contributed by atoms with Crippen molar-refractivity contribution < 1.29 is 0 Å². The van der Waals surface area contributed by atoms with Gasteiger partial charge < -0.3 is 11.1 Å². The number of anilines is 1. The SMILES string of the molecule is CCSc1cccc(NCC2(CC)CC2)c1C(N)=S. The van der Waals surface area contributed by atoms with Crippen molar-refractivity contribution in [2.75, 3.05) is 17.6 Å². The summed E-state index contributed by atoms with van der Waals surface area (Å²) in [5.74, 6) is 1.03. The minimum Gasteiger partial charge on any atom is -0.389 e. The number of nitrogens with two attached hydrogens (primary N) is 1. The summed E-state index contributed by atoms with van der Waals surface area (Å²) in [6.07, 6.45) is 3.91. The molecule has 1 aromatic carbocycles. The molecular formula is C15H22N2S2. The second-order valence-corrected chi connectivity index (χ2v) is 6.93. The van der Waals surface area contributed by atoms with Gasteiger partial charge in [-0.3, -0.25) is 0 Å². The maximum Gasteiger partial charge on any atom is 0.107 e. The highest BCUT2D eigenvalue weighted by Gasteiger charge is 2.40. The maximum absolute atomic E-state index is 5.91. The van der Waals surface area contributed by atoms with Crippen molar-refractivity contribution in [3.05, 3.63) is 23.8 Å². The number of thioether (sulfide) groups is 1. The Hall–Kier alpha value is -0.740. The van der Waals surface area contributed by atoms with E-state index < -0.39 is 0 Å². The van der Waals surface area contributed by atoms with Crippen LogP contribution in [0.25, 0.3) is 0 Å². The van der Waals surface area contributed by atoms with Crippen molar-refractivity contribution in [3.8, 4) is 0 Å². The van der Waals surface area contributed by atoms with Gasteiger partial charge >= 0.3 is 0 Å². The zero-order valence-electron chi connectivity index (χ0n) is 11.7. The number of rotatable bonds is 7. The molecule has 0 saturated heterocycles. The quantitative estimate of drug-likeness (QED) is 0.588. The van der Waals surface area contributed by atoms with Crippen molar-refractivity contribution in [1.82, 2.24) is 0 Å². The number of benzene rings is 1. The molecule has 4 heteroatoms. The van der Waals surface area contributed by atoms with Crippen LogP contribution in [0.15, 0.2) is 23.1 Å². The van der Waals surface area contributed by atoms with Gasteiger partial charge in [0.05, 0.1) is 0 Å². The molecule has 0 spiro atoms. The second-order valence-electron chi connectivity index (χ2n) is 5.18. The first-order valence-corrected chi connectivity index (χ1v) is 8.31. The Morgan fingerprint density at radius 2 is 2.16 bits per heavy atom. The van der Waals surface area contributed by atoms with E-state index in [1.807, 2.05) is 0 Å². The van der Waals surface area contributed by atoms with Crippen LogP contribution in [0.2, 0.25) is 0 Å². The van der Waals surface area contributed by atoms with Crippen LogP contribution in [-0.2, 0) is 0 Å². The Morgan fingerprint density at radius 3 is 2.68 bits per heavy atom. The molecule has 1 aliphatic carbocycles. The van der Waals surface area contributed by atoms with Crippen molar-refractivity contribution in [2.45, 2.75) is 38.0 Å². The van der Waals surface area contributed by atoms with E-state index in [9.17, 15) is 0 Å². The van der Waals surface area contributed by atoms with E-state index in [1.165, 1.54) is 24.2 Å². The van der Waals surface area contributed by atoms with Gasteiger partial charge in [0, 0.05) is 22.7 Å². The molecule has 0 amide bonds. The molecule has 104 valence electrons. The predicted octanol–water partition coefficient (Wildman–Crippen LogP) is 4.03. The van der Waals surface area contributed by atoms with Gasteiger partial charge in [-0.05, 0) is 42.6 Å². The lowest BCUT2D eigenvalue weighted by atomic mass is 10.0. The standard InChI is InChI=1S/C15H22N2S2/c1-3-15(8-9-15)10-17-11-6-5-7-12(19-4-2)13(11)14(16)18/h5-7,17H,3-4,8-10H2,1-2H3,(H2,16,18). The summed E-state index contributed by atoms with van der Waals surface area (Å²) in [5, 5.41) is 3.57. The van der Waals surface area contributed by atoms with Crippen LogP contribution in [0.3, 0.4) is 0 Å². The highest BCUT2D eigenvalue weighted by molar-refractivity contribution is 7.99. The molecule has 2 nitrogen and oxygen atoms in total. The zero-order valence-corrected chi connectivity index (χ0v) is 13.3. The Kier molecular flexibility index (Phi) is 4.74. The Bertz CT molecular complexity index is 467. The third-order valence-corrected chi connectivity index (χ3v) is 5.08.